The molecule has 0 heterocycles. The summed E-state index contributed by atoms with van der Waals surface area (Å²) in [5.74, 6) is 2.79. The first-order chi connectivity index (χ1) is 6.21. The summed E-state index contributed by atoms with van der Waals surface area (Å²) in [5, 5.41) is 0. The average molecular weight is 176 g/mol. The van der Waals surface area contributed by atoms with Gasteiger partial charge in [-0.15, -0.1) is 6.42 Å². The Balaban J connectivity index is 4.85. The van der Waals surface area contributed by atoms with E-state index in [1.807, 2.05) is 0 Å². The van der Waals surface area contributed by atoms with Gasteiger partial charge < -0.3 is 0 Å². The van der Waals surface area contributed by atoms with E-state index in [9.17, 15) is 0 Å². The van der Waals surface area contributed by atoms with Crippen LogP contribution < -0.4 is 0 Å². The van der Waals surface area contributed by atoms with Crippen molar-refractivity contribution in [3.05, 3.63) is 22.8 Å². The highest BCUT2D eigenvalue weighted by molar-refractivity contribution is 5.41. The number of hydrogen-bond donors (Lipinski definition) is 0. The molecule has 0 aromatic carbocycles. The normalized spacial score (nSPS) is 13.6. The van der Waals surface area contributed by atoms with Crippen molar-refractivity contribution in [1.82, 2.24) is 0 Å². The zero-order valence-electron chi connectivity index (χ0n) is 9.28. The first kappa shape index (κ1) is 12.0. The summed E-state index contributed by atoms with van der Waals surface area (Å²) < 4.78 is 0. The van der Waals surface area contributed by atoms with Gasteiger partial charge in [-0.2, -0.15) is 0 Å². The van der Waals surface area contributed by atoms with E-state index >= 15 is 0 Å². The monoisotopic (exact) mass is 176 g/mol. The third kappa shape index (κ3) is 3.51. The van der Waals surface area contributed by atoms with Crippen molar-refractivity contribution in [3.8, 4) is 12.3 Å². The lowest BCUT2D eigenvalue weighted by Crippen LogP contribution is -1.90. The van der Waals surface area contributed by atoms with Crippen LogP contribution in [0.3, 0.4) is 0 Å². The topological polar surface area (TPSA) is 0 Å². The summed E-state index contributed by atoms with van der Waals surface area (Å²) in [7, 11) is 0. The van der Waals surface area contributed by atoms with Crippen LogP contribution in [0.25, 0.3) is 0 Å². The third-order valence-electron chi connectivity index (χ3n) is 2.34. The lowest BCUT2D eigenvalue weighted by atomic mass is 9.97. The predicted molar refractivity (Wildman–Crippen MR) is 60.5 cm³/mol. The van der Waals surface area contributed by atoms with Crippen LogP contribution in [0.5, 0.6) is 0 Å². The van der Waals surface area contributed by atoms with Gasteiger partial charge >= 0.3 is 0 Å². The van der Waals surface area contributed by atoms with Crippen LogP contribution in [-0.4, -0.2) is 0 Å². The Hall–Kier alpha value is -0.960. The predicted octanol–water partition coefficient (Wildman–Crippen LogP) is 4.09. The van der Waals surface area contributed by atoms with Crippen molar-refractivity contribution in [2.45, 2.75) is 47.0 Å². The molecular formula is C13H20. The van der Waals surface area contributed by atoms with Gasteiger partial charge in [0.2, 0.25) is 0 Å². The second-order valence-corrected chi connectivity index (χ2v) is 3.17. The highest BCUT2D eigenvalue weighted by Crippen LogP contribution is 2.19. The minimum atomic E-state index is 1.03. The molecule has 0 radical (unpaired) electrons. The molecule has 0 spiro atoms. The molecule has 0 bridgehead atoms. The molecule has 0 N–H and O–H groups in total. The van der Waals surface area contributed by atoms with Crippen molar-refractivity contribution >= 4 is 0 Å². The molecule has 0 saturated carbocycles. The molecule has 13 heavy (non-hydrogen) atoms. The second kappa shape index (κ2) is 6.54. The van der Waals surface area contributed by atoms with Crippen LogP contribution in [0, 0.1) is 12.3 Å². The Bertz CT molecular complexity index is 246. The second-order valence-electron chi connectivity index (χ2n) is 3.17. The van der Waals surface area contributed by atoms with Crippen molar-refractivity contribution < 1.29 is 0 Å². The Morgan fingerprint density at radius 3 is 2.31 bits per heavy atom. The Labute approximate surface area is 82.7 Å². The van der Waals surface area contributed by atoms with E-state index in [-0.39, 0.29) is 0 Å². The van der Waals surface area contributed by atoms with Crippen LogP contribution in [0.2, 0.25) is 0 Å². The molecule has 0 aliphatic rings. The summed E-state index contributed by atoms with van der Waals surface area (Å²) in [6, 6.07) is 0. The number of terminal acetylenes is 1. The minimum Gasteiger partial charge on any atom is -0.115 e. The summed E-state index contributed by atoms with van der Waals surface area (Å²) in [4.78, 5) is 0. The van der Waals surface area contributed by atoms with E-state index in [2.05, 4.69) is 39.7 Å². The molecule has 72 valence electrons. The van der Waals surface area contributed by atoms with Crippen molar-refractivity contribution in [1.29, 1.82) is 0 Å². The molecule has 0 atom stereocenters. The van der Waals surface area contributed by atoms with Crippen LogP contribution in [0.4, 0.5) is 0 Å². The van der Waals surface area contributed by atoms with Crippen molar-refractivity contribution in [2.75, 3.05) is 0 Å². The third-order valence-corrected chi connectivity index (χ3v) is 2.34. The van der Waals surface area contributed by atoms with Crippen LogP contribution in [-0.2, 0) is 0 Å². The van der Waals surface area contributed by atoms with Gasteiger partial charge in [-0.25, -0.2) is 0 Å². The number of hydrogen-bond acceptors (Lipinski definition) is 0. The van der Waals surface area contributed by atoms with E-state index in [1.54, 1.807) is 0 Å². The molecule has 0 fully saturated rings. The van der Waals surface area contributed by atoms with E-state index in [0.29, 0.717) is 0 Å². The maximum Gasteiger partial charge on any atom is 0.00493 e. The quantitative estimate of drug-likeness (QED) is 0.447. The molecule has 0 rings (SSSR count). The van der Waals surface area contributed by atoms with Gasteiger partial charge in [0.05, 0.1) is 0 Å². The maximum absolute atomic E-state index is 5.47. The summed E-state index contributed by atoms with van der Waals surface area (Å²) in [6.45, 7) is 8.52. The van der Waals surface area contributed by atoms with E-state index in [1.165, 1.54) is 11.1 Å². The van der Waals surface area contributed by atoms with E-state index in [0.717, 1.165) is 24.8 Å². The molecule has 0 aliphatic heterocycles. The molecule has 0 unspecified atom stereocenters. The summed E-state index contributed by atoms with van der Waals surface area (Å²) in [6.07, 6.45) is 10.8. The van der Waals surface area contributed by atoms with Gasteiger partial charge in [0.1, 0.15) is 0 Å². The molecule has 0 aromatic rings. The molecule has 0 saturated heterocycles. The number of rotatable bonds is 4. The fourth-order valence-electron chi connectivity index (χ4n) is 1.50. The maximum atomic E-state index is 5.47. The summed E-state index contributed by atoms with van der Waals surface area (Å²) in [5.41, 5.74) is 3.84. The molecule has 0 nitrogen and oxygen atoms in total. The van der Waals surface area contributed by atoms with Crippen LogP contribution in [0.15, 0.2) is 22.8 Å². The zero-order valence-corrected chi connectivity index (χ0v) is 9.28. The fraction of sp³-hybridized carbons (Fsp3) is 0.538. The van der Waals surface area contributed by atoms with E-state index < -0.39 is 0 Å². The van der Waals surface area contributed by atoms with Crippen molar-refractivity contribution in [3.63, 3.8) is 0 Å². The van der Waals surface area contributed by atoms with Gasteiger partial charge in [-0.1, -0.05) is 32.3 Å². The first-order valence-electron chi connectivity index (χ1n) is 5.03. The molecule has 0 aromatic heterocycles. The SMILES string of the molecule is C#C/C(CCC)=C(C)\C(=C/C)CC. The van der Waals surface area contributed by atoms with Crippen LogP contribution in [0.1, 0.15) is 47.0 Å². The van der Waals surface area contributed by atoms with Gasteiger partial charge in [0.15, 0.2) is 0 Å². The van der Waals surface area contributed by atoms with Crippen LogP contribution >= 0.6 is 0 Å². The lowest BCUT2D eigenvalue weighted by Gasteiger charge is -2.08. The highest BCUT2D eigenvalue weighted by atomic mass is 14.1. The standard InChI is InChI=1S/C13H20/c1-6-10-13(9-4)11(5)12(7-2)8-3/h4,7H,6,8,10H2,1-3,5H3/b12-7-,13-11+. The number of allylic oxidation sites excluding steroid dienone is 4. The smallest absolute Gasteiger partial charge is 0.00493 e. The van der Waals surface area contributed by atoms with E-state index in [4.69, 9.17) is 6.42 Å². The molecular weight excluding hydrogens is 156 g/mol. The molecule has 0 aliphatic carbocycles. The first-order valence-corrected chi connectivity index (χ1v) is 5.03. The Morgan fingerprint density at radius 1 is 1.38 bits per heavy atom. The fourth-order valence-corrected chi connectivity index (χ4v) is 1.50. The van der Waals surface area contributed by atoms with Gasteiger partial charge in [0, 0.05) is 5.57 Å². The lowest BCUT2D eigenvalue weighted by molar-refractivity contribution is 0.915. The average Bonchev–Trinajstić information content (AvgIpc) is 2.15. The highest BCUT2D eigenvalue weighted by Gasteiger charge is 2.02. The Morgan fingerprint density at radius 2 is 2.00 bits per heavy atom. The summed E-state index contributed by atoms with van der Waals surface area (Å²) >= 11 is 0. The molecule has 0 heteroatoms. The van der Waals surface area contributed by atoms with Crippen molar-refractivity contribution in [2.24, 2.45) is 0 Å². The van der Waals surface area contributed by atoms with Gasteiger partial charge in [-0.05, 0) is 37.8 Å². The largest absolute Gasteiger partial charge is 0.115 e. The zero-order chi connectivity index (χ0) is 10.3. The molecule has 0 amide bonds. The van der Waals surface area contributed by atoms with Gasteiger partial charge in [0.25, 0.3) is 0 Å². The minimum absolute atomic E-state index is 1.03. The Kier molecular flexibility index (Phi) is 6.06. The van der Waals surface area contributed by atoms with Gasteiger partial charge in [-0.3, -0.25) is 0 Å².